The van der Waals surface area contributed by atoms with Gasteiger partial charge in [0, 0.05) is 0 Å². The molecule has 24 aromatic rings. The highest BCUT2D eigenvalue weighted by molar-refractivity contribution is 6.36. The molecule has 0 amide bonds. The number of rotatable bonds is 4. The number of hydrogen-bond acceptors (Lipinski definition) is 0. The van der Waals surface area contributed by atoms with Gasteiger partial charge in [-0.2, -0.15) is 0 Å². The zero-order chi connectivity index (χ0) is 64.8. The SMILES string of the molecule is Cc1cc(-c2ccc3ccc4cccc5ccc2c3c45)c2ccc3c(-c4ccc5ccc6cccc7ccc4c5c67)ccc4ccc1c2c43.Cc1ccc2ccc3ccc(-c4ccc5ccc6ccc(-c7ccc8ccc9ccc(C)c%10ccc7c8c9%10)c7ccc4c5c67)c4ccc1c2c34. The monoisotopic (exact) mass is 1250 g/mol. The van der Waals surface area contributed by atoms with Gasteiger partial charge in [0.05, 0.1) is 0 Å². The van der Waals surface area contributed by atoms with E-state index in [1.807, 2.05) is 0 Å². The van der Waals surface area contributed by atoms with Crippen LogP contribution in [0.2, 0.25) is 0 Å². The fourth-order valence-corrected chi connectivity index (χ4v) is 19.1. The zero-order valence-corrected chi connectivity index (χ0v) is 54.8. The molecule has 0 fully saturated rings. The van der Waals surface area contributed by atoms with E-state index in [1.165, 1.54) is 255 Å². The summed E-state index contributed by atoms with van der Waals surface area (Å²) in [6.07, 6.45) is 0. The molecule has 0 unspecified atom stereocenters. The molecular weight excluding hydrogens is 1190 g/mol. The van der Waals surface area contributed by atoms with Crippen molar-refractivity contribution in [3.8, 4) is 44.5 Å². The van der Waals surface area contributed by atoms with Gasteiger partial charge in [0.15, 0.2) is 0 Å². The number of hydrogen-bond donors (Lipinski definition) is 0. The first-order valence-corrected chi connectivity index (χ1v) is 34.9. The second-order valence-electron chi connectivity index (χ2n) is 28.5. The highest BCUT2D eigenvalue weighted by atomic mass is 14.3. The summed E-state index contributed by atoms with van der Waals surface area (Å²) >= 11 is 0. The maximum atomic E-state index is 2.43. The van der Waals surface area contributed by atoms with Gasteiger partial charge in [0.1, 0.15) is 0 Å². The Morgan fingerprint density at radius 3 is 0.596 bits per heavy atom. The molecule has 0 aromatic heterocycles. The summed E-state index contributed by atoms with van der Waals surface area (Å²) in [5.74, 6) is 0. The third kappa shape index (κ3) is 7.17. The molecule has 0 atom stereocenters. The van der Waals surface area contributed by atoms with Gasteiger partial charge in [-0.1, -0.05) is 297 Å². The van der Waals surface area contributed by atoms with E-state index in [0.717, 1.165) is 0 Å². The summed E-state index contributed by atoms with van der Waals surface area (Å²) in [4.78, 5) is 0. The maximum absolute atomic E-state index is 2.43. The van der Waals surface area contributed by atoms with E-state index in [-0.39, 0.29) is 0 Å². The van der Waals surface area contributed by atoms with Crippen molar-refractivity contribution in [2.75, 3.05) is 0 Å². The number of benzene rings is 24. The fourth-order valence-electron chi connectivity index (χ4n) is 19.1. The second-order valence-corrected chi connectivity index (χ2v) is 28.5. The lowest BCUT2D eigenvalue weighted by molar-refractivity contribution is 1.54. The quantitative estimate of drug-likeness (QED) is 0.154. The Morgan fingerprint density at radius 2 is 0.293 bits per heavy atom. The van der Waals surface area contributed by atoms with Crippen LogP contribution >= 0.6 is 0 Å². The van der Waals surface area contributed by atoms with Gasteiger partial charge < -0.3 is 0 Å². The van der Waals surface area contributed by atoms with Crippen LogP contribution in [0.1, 0.15) is 16.7 Å². The van der Waals surface area contributed by atoms with Crippen molar-refractivity contribution in [2.24, 2.45) is 0 Å². The minimum atomic E-state index is 1.29. The Morgan fingerprint density at radius 1 is 0.121 bits per heavy atom. The summed E-state index contributed by atoms with van der Waals surface area (Å²) in [6.45, 7) is 6.74. The Kier molecular flexibility index (Phi) is 10.5. The second kappa shape index (κ2) is 19.4. The molecule has 0 heteroatoms. The molecule has 0 spiro atoms. The predicted octanol–water partition coefficient (Wildman–Crippen LogP) is 28.4. The standard InChI is InChI=1S/C50H30.C49H28/c1-27-3-5-29-7-9-31-13-17-37(41-23-21-35(27)45(29)47(31)41)39-19-15-33-11-12-34-16-20-40(44-26-25-43(39)49(33)50(34)44)38-18-14-32-10-8-30-6-4-28(2)36-22-24-42(38)48(32)46(30)36;1-27-26-43(38-21-15-33-11-9-29-5-3-7-31-17-23-40(38)47(33)45(29)31)42-25-24-41-37(20-14-34-12-18-35(27)49(42)48(34)41)36-19-13-32-10-8-28-4-2-6-30-16-22-39(36)46(32)44(28)30/h3-26H,1-2H3;2-26H,1H3. The van der Waals surface area contributed by atoms with Gasteiger partial charge in [-0.05, 0) is 276 Å². The van der Waals surface area contributed by atoms with Crippen molar-refractivity contribution in [3.05, 3.63) is 314 Å². The van der Waals surface area contributed by atoms with E-state index in [9.17, 15) is 0 Å². The van der Waals surface area contributed by atoms with Crippen LogP contribution in [0.25, 0.3) is 238 Å². The zero-order valence-electron chi connectivity index (χ0n) is 54.8. The smallest absolute Gasteiger partial charge is 0.00177 e. The first-order valence-electron chi connectivity index (χ1n) is 34.9. The summed E-state index contributed by atoms with van der Waals surface area (Å²) < 4.78 is 0. The van der Waals surface area contributed by atoms with Crippen LogP contribution in [0.3, 0.4) is 0 Å². The lowest BCUT2D eigenvalue weighted by atomic mass is 9.83. The Hall–Kier alpha value is -12.5. The molecule has 0 bridgehead atoms. The maximum Gasteiger partial charge on any atom is -0.00177 e. The van der Waals surface area contributed by atoms with Crippen molar-refractivity contribution in [1.29, 1.82) is 0 Å². The van der Waals surface area contributed by atoms with Crippen LogP contribution in [0, 0.1) is 20.8 Å². The highest BCUT2D eigenvalue weighted by Crippen LogP contribution is 2.51. The molecule has 0 aliphatic heterocycles. The Balaban J connectivity index is 0.000000123. The number of aryl methyl sites for hydroxylation is 3. The summed E-state index contributed by atoms with van der Waals surface area (Å²) in [7, 11) is 0. The van der Waals surface area contributed by atoms with Gasteiger partial charge in [-0.15, -0.1) is 0 Å². The van der Waals surface area contributed by atoms with E-state index >= 15 is 0 Å². The van der Waals surface area contributed by atoms with Crippen molar-refractivity contribution >= 4 is 194 Å². The minimum absolute atomic E-state index is 1.29. The largest absolute Gasteiger partial charge is 0.0610 e. The average molecular weight is 1250 g/mol. The van der Waals surface area contributed by atoms with Crippen molar-refractivity contribution in [2.45, 2.75) is 20.8 Å². The van der Waals surface area contributed by atoms with Crippen LogP contribution in [-0.4, -0.2) is 0 Å². The van der Waals surface area contributed by atoms with Crippen LogP contribution in [0.5, 0.6) is 0 Å². The van der Waals surface area contributed by atoms with E-state index in [2.05, 4.69) is 318 Å². The normalized spacial score (nSPS) is 12.6. The van der Waals surface area contributed by atoms with Crippen molar-refractivity contribution in [1.82, 2.24) is 0 Å². The molecule has 0 aliphatic carbocycles. The lowest BCUT2D eigenvalue weighted by Crippen LogP contribution is -1.93. The van der Waals surface area contributed by atoms with Gasteiger partial charge in [-0.3, -0.25) is 0 Å². The first-order chi connectivity index (χ1) is 48.8. The van der Waals surface area contributed by atoms with E-state index < -0.39 is 0 Å². The molecule has 24 aromatic carbocycles. The van der Waals surface area contributed by atoms with Crippen LogP contribution in [-0.2, 0) is 0 Å². The topological polar surface area (TPSA) is 0 Å². The van der Waals surface area contributed by atoms with E-state index in [4.69, 9.17) is 0 Å². The third-order valence-corrected chi connectivity index (χ3v) is 23.6. The molecule has 99 heavy (non-hydrogen) atoms. The lowest BCUT2D eigenvalue weighted by Gasteiger charge is -2.20. The molecule has 0 nitrogen and oxygen atoms in total. The molecular formula is C99H58. The average Bonchev–Trinajstić information content (AvgIpc) is 0.725. The van der Waals surface area contributed by atoms with Crippen LogP contribution < -0.4 is 0 Å². The molecule has 0 aliphatic rings. The molecule has 0 saturated carbocycles. The molecule has 0 saturated heterocycles. The summed E-state index contributed by atoms with van der Waals surface area (Å²) in [5.41, 5.74) is 14.4. The van der Waals surface area contributed by atoms with Gasteiger partial charge >= 0.3 is 0 Å². The summed E-state index contributed by atoms with van der Waals surface area (Å²) in [5, 5.41) is 47.9. The minimum Gasteiger partial charge on any atom is -0.0610 e. The van der Waals surface area contributed by atoms with Gasteiger partial charge in [0.25, 0.3) is 0 Å². The fraction of sp³-hybridized carbons (Fsp3) is 0.0303. The summed E-state index contributed by atoms with van der Waals surface area (Å²) in [6, 6.07) is 113. The van der Waals surface area contributed by atoms with Crippen LogP contribution in [0.15, 0.2) is 297 Å². The molecule has 454 valence electrons. The highest BCUT2D eigenvalue weighted by Gasteiger charge is 2.24. The third-order valence-electron chi connectivity index (χ3n) is 23.6. The Bertz CT molecular complexity index is 7350. The predicted molar refractivity (Wildman–Crippen MR) is 431 cm³/mol. The van der Waals surface area contributed by atoms with E-state index in [0.29, 0.717) is 0 Å². The molecule has 0 radical (unpaired) electrons. The molecule has 0 N–H and O–H groups in total. The van der Waals surface area contributed by atoms with Gasteiger partial charge in [0.2, 0.25) is 0 Å². The van der Waals surface area contributed by atoms with Crippen molar-refractivity contribution < 1.29 is 0 Å². The van der Waals surface area contributed by atoms with E-state index in [1.54, 1.807) is 0 Å². The molecule has 24 rings (SSSR count). The van der Waals surface area contributed by atoms with Crippen molar-refractivity contribution in [3.63, 3.8) is 0 Å². The Labute approximate surface area is 569 Å². The van der Waals surface area contributed by atoms with Gasteiger partial charge in [-0.25, -0.2) is 0 Å². The first kappa shape index (κ1) is 53.7. The molecule has 0 heterocycles. The van der Waals surface area contributed by atoms with Crippen LogP contribution in [0.4, 0.5) is 0 Å².